The predicted octanol–water partition coefficient (Wildman–Crippen LogP) is 2.71. The summed E-state index contributed by atoms with van der Waals surface area (Å²) in [5, 5.41) is 3.05. The lowest BCUT2D eigenvalue weighted by atomic mass is 9.99. The maximum absolute atomic E-state index is 12.7. The highest BCUT2D eigenvalue weighted by Crippen LogP contribution is 2.21. The van der Waals surface area contributed by atoms with E-state index in [-0.39, 0.29) is 6.03 Å². The molecule has 2 saturated heterocycles. The molecule has 0 unspecified atom stereocenters. The third-order valence-electron chi connectivity index (χ3n) is 5.29. The van der Waals surface area contributed by atoms with Crippen LogP contribution in [-0.4, -0.2) is 73.1 Å². The number of anilines is 1. The fourth-order valence-electron chi connectivity index (χ4n) is 3.69. The molecule has 0 aromatic heterocycles. The number of likely N-dealkylation sites (tertiary alicyclic amines) is 1. The first-order valence-electron chi connectivity index (χ1n) is 9.26. The molecule has 0 spiro atoms. The summed E-state index contributed by atoms with van der Waals surface area (Å²) in [6, 6.07) is 10.2. The smallest absolute Gasteiger partial charge is 0.322 e. The van der Waals surface area contributed by atoms with Gasteiger partial charge in [-0.2, -0.15) is 0 Å². The molecule has 2 fully saturated rings. The highest BCUT2D eigenvalue weighted by atomic mass is 16.2. The molecular formula is C19H30N4O. The van der Waals surface area contributed by atoms with Crippen LogP contribution >= 0.6 is 0 Å². The first-order valence-corrected chi connectivity index (χ1v) is 9.26. The van der Waals surface area contributed by atoms with E-state index in [2.05, 4.69) is 27.1 Å². The number of piperazine rings is 1. The fourth-order valence-corrected chi connectivity index (χ4v) is 3.69. The third kappa shape index (κ3) is 4.71. The molecule has 2 aliphatic rings. The molecule has 2 amide bonds. The van der Waals surface area contributed by atoms with E-state index in [0.717, 1.165) is 64.2 Å². The van der Waals surface area contributed by atoms with Crippen molar-refractivity contribution in [3.63, 3.8) is 0 Å². The number of para-hydroxylation sites is 1. The highest BCUT2D eigenvalue weighted by Gasteiger charge is 2.27. The Labute approximate surface area is 145 Å². The summed E-state index contributed by atoms with van der Waals surface area (Å²) in [6.07, 6.45) is 4.58. The van der Waals surface area contributed by atoms with Gasteiger partial charge in [-0.3, -0.25) is 0 Å². The van der Waals surface area contributed by atoms with E-state index in [1.165, 1.54) is 6.42 Å². The summed E-state index contributed by atoms with van der Waals surface area (Å²) in [5.41, 5.74) is 0.880. The maximum Gasteiger partial charge on any atom is 0.322 e. The molecule has 2 aliphatic heterocycles. The zero-order valence-corrected chi connectivity index (χ0v) is 14.8. The van der Waals surface area contributed by atoms with E-state index in [9.17, 15) is 4.79 Å². The standard InChI is InChI=1S/C19H30N4O/c1-21-13-15-22(16-14-21)12-10-18-9-5-6-11-23(18)19(24)20-17-7-3-2-4-8-17/h2-4,7-8,18H,5-6,9-16H2,1H3,(H,20,24)/t18-/m0/s1. The van der Waals surface area contributed by atoms with E-state index in [1.54, 1.807) is 0 Å². The zero-order valence-electron chi connectivity index (χ0n) is 14.8. The van der Waals surface area contributed by atoms with Gasteiger partial charge in [0.25, 0.3) is 0 Å². The van der Waals surface area contributed by atoms with Crippen LogP contribution < -0.4 is 5.32 Å². The van der Waals surface area contributed by atoms with Gasteiger partial charge in [0.2, 0.25) is 0 Å². The molecule has 0 saturated carbocycles. The van der Waals surface area contributed by atoms with Crippen molar-refractivity contribution in [3.8, 4) is 0 Å². The number of urea groups is 1. The van der Waals surface area contributed by atoms with Gasteiger partial charge >= 0.3 is 6.03 Å². The quantitative estimate of drug-likeness (QED) is 0.922. The molecule has 1 N–H and O–H groups in total. The molecule has 1 aromatic rings. The Kier molecular flexibility index (Phi) is 6.10. The average Bonchev–Trinajstić information content (AvgIpc) is 2.62. The van der Waals surface area contributed by atoms with Crippen LogP contribution in [0.4, 0.5) is 10.5 Å². The molecule has 0 radical (unpaired) electrons. The number of rotatable bonds is 4. The minimum atomic E-state index is 0.0595. The molecular weight excluding hydrogens is 300 g/mol. The predicted molar refractivity (Wildman–Crippen MR) is 98.4 cm³/mol. The van der Waals surface area contributed by atoms with Crippen molar-refractivity contribution >= 4 is 11.7 Å². The molecule has 132 valence electrons. The van der Waals surface area contributed by atoms with Gasteiger partial charge in [-0.25, -0.2) is 4.79 Å². The number of likely N-dealkylation sites (N-methyl/N-ethyl adjacent to an activating group) is 1. The second-order valence-corrected chi connectivity index (χ2v) is 7.07. The normalized spacial score (nSPS) is 23.2. The van der Waals surface area contributed by atoms with E-state index in [0.29, 0.717) is 6.04 Å². The van der Waals surface area contributed by atoms with Crippen molar-refractivity contribution in [1.82, 2.24) is 14.7 Å². The van der Waals surface area contributed by atoms with E-state index >= 15 is 0 Å². The van der Waals surface area contributed by atoms with Crippen LogP contribution in [0.2, 0.25) is 0 Å². The largest absolute Gasteiger partial charge is 0.322 e. The molecule has 0 bridgehead atoms. The first-order chi connectivity index (χ1) is 11.7. The molecule has 5 nitrogen and oxygen atoms in total. The van der Waals surface area contributed by atoms with Crippen LogP contribution in [0.3, 0.4) is 0 Å². The number of carbonyl (C=O) groups is 1. The summed E-state index contributed by atoms with van der Waals surface area (Å²) in [6.45, 7) is 6.60. The Hall–Kier alpha value is -1.59. The van der Waals surface area contributed by atoms with E-state index in [1.807, 2.05) is 30.3 Å². The number of nitrogens with one attached hydrogen (secondary N) is 1. The number of benzene rings is 1. The molecule has 1 atom stereocenters. The lowest BCUT2D eigenvalue weighted by Crippen LogP contribution is -2.49. The highest BCUT2D eigenvalue weighted by molar-refractivity contribution is 5.89. The minimum Gasteiger partial charge on any atom is -0.322 e. The van der Waals surface area contributed by atoms with Crippen LogP contribution in [-0.2, 0) is 0 Å². The minimum absolute atomic E-state index is 0.0595. The Balaban J connectivity index is 1.52. The zero-order chi connectivity index (χ0) is 16.8. The monoisotopic (exact) mass is 330 g/mol. The lowest BCUT2D eigenvalue weighted by molar-refractivity contribution is 0.122. The Morgan fingerprint density at radius 3 is 2.58 bits per heavy atom. The maximum atomic E-state index is 12.7. The second kappa shape index (κ2) is 8.49. The van der Waals surface area contributed by atoms with Crippen molar-refractivity contribution in [1.29, 1.82) is 0 Å². The number of hydrogen-bond acceptors (Lipinski definition) is 3. The van der Waals surface area contributed by atoms with Crippen molar-refractivity contribution in [3.05, 3.63) is 30.3 Å². The van der Waals surface area contributed by atoms with Gasteiger partial charge in [-0.05, 0) is 44.9 Å². The van der Waals surface area contributed by atoms with Crippen LogP contribution in [0.1, 0.15) is 25.7 Å². The SMILES string of the molecule is CN1CCN(CC[C@@H]2CCCCN2C(=O)Nc2ccccc2)CC1. The van der Waals surface area contributed by atoms with Gasteiger partial charge in [0.05, 0.1) is 0 Å². The summed E-state index contributed by atoms with van der Waals surface area (Å²) in [7, 11) is 2.19. The van der Waals surface area contributed by atoms with E-state index in [4.69, 9.17) is 0 Å². The van der Waals surface area contributed by atoms with Gasteiger partial charge in [-0.1, -0.05) is 18.2 Å². The van der Waals surface area contributed by atoms with Crippen LogP contribution in [0, 0.1) is 0 Å². The fraction of sp³-hybridized carbons (Fsp3) is 0.632. The molecule has 3 rings (SSSR count). The first kappa shape index (κ1) is 17.2. The van der Waals surface area contributed by atoms with Gasteiger partial charge in [0.15, 0.2) is 0 Å². The van der Waals surface area contributed by atoms with Crippen LogP contribution in [0.15, 0.2) is 30.3 Å². The lowest BCUT2D eigenvalue weighted by Gasteiger charge is -2.38. The van der Waals surface area contributed by atoms with E-state index < -0.39 is 0 Å². The third-order valence-corrected chi connectivity index (χ3v) is 5.29. The summed E-state index contributed by atoms with van der Waals surface area (Å²) >= 11 is 0. The van der Waals surface area contributed by atoms with Gasteiger partial charge in [-0.15, -0.1) is 0 Å². The van der Waals surface area contributed by atoms with Crippen molar-refractivity contribution in [2.75, 3.05) is 51.6 Å². The van der Waals surface area contributed by atoms with Crippen molar-refractivity contribution in [2.24, 2.45) is 0 Å². The second-order valence-electron chi connectivity index (χ2n) is 7.07. The molecule has 2 heterocycles. The van der Waals surface area contributed by atoms with Gasteiger partial charge in [0.1, 0.15) is 0 Å². The molecule has 0 aliphatic carbocycles. The Bertz CT molecular complexity index is 513. The summed E-state index contributed by atoms with van der Waals surface area (Å²) < 4.78 is 0. The van der Waals surface area contributed by atoms with Crippen molar-refractivity contribution in [2.45, 2.75) is 31.7 Å². The van der Waals surface area contributed by atoms with Crippen molar-refractivity contribution < 1.29 is 4.79 Å². The molecule has 24 heavy (non-hydrogen) atoms. The number of piperidine rings is 1. The number of carbonyl (C=O) groups excluding carboxylic acids is 1. The van der Waals surface area contributed by atoms with Crippen LogP contribution in [0.25, 0.3) is 0 Å². The Morgan fingerprint density at radius 2 is 1.83 bits per heavy atom. The van der Waals surface area contributed by atoms with Gasteiger partial charge in [0, 0.05) is 51.0 Å². The van der Waals surface area contributed by atoms with Gasteiger partial charge < -0.3 is 20.0 Å². The summed E-state index contributed by atoms with van der Waals surface area (Å²) in [5.74, 6) is 0. The average molecular weight is 330 g/mol. The molecule has 1 aromatic carbocycles. The molecule has 5 heteroatoms. The topological polar surface area (TPSA) is 38.8 Å². The number of hydrogen-bond donors (Lipinski definition) is 1. The van der Waals surface area contributed by atoms with Crippen LogP contribution in [0.5, 0.6) is 0 Å². The number of amides is 2. The summed E-state index contributed by atoms with van der Waals surface area (Å²) in [4.78, 5) is 19.7. The number of nitrogens with zero attached hydrogens (tertiary/aromatic N) is 3. The Morgan fingerprint density at radius 1 is 1.08 bits per heavy atom.